The Morgan fingerprint density at radius 1 is 0.914 bits per heavy atom. The summed E-state index contributed by atoms with van der Waals surface area (Å²) in [5.41, 5.74) is 4.34. The van der Waals surface area contributed by atoms with Crippen LogP contribution in [0.5, 0.6) is 5.75 Å². The molecule has 0 heterocycles. The molecule has 0 N–H and O–H groups in total. The molecule has 186 valence electrons. The molecule has 0 spiro atoms. The van der Waals surface area contributed by atoms with E-state index in [1.54, 1.807) is 11.0 Å². The van der Waals surface area contributed by atoms with Crippen LogP contribution in [0.25, 0.3) is 0 Å². The number of amides is 1. The summed E-state index contributed by atoms with van der Waals surface area (Å²) in [6.07, 6.45) is 1.46. The van der Waals surface area contributed by atoms with Crippen LogP contribution < -0.4 is 9.64 Å². The molecule has 5 heteroatoms. The summed E-state index contributed by atoms with van der Waals surface area (Å²) in [5.74, 6) is 0.168. The molecule has 0 aliphatic heterocycles. The molecule has 0 saturated carbocycles. The van der Waals surface area contributed by atoms with Crippen LogP contribution in [0.4, 0.5) is 10.1 Å². The molecular formula is C30H36FNO3. The molecule has 35 heavy (non-hydrogen) atoms. The number of rotatable bonds is 10. The molecule has 1 amide bonds. The van der Waals surface area contributed by atoms with E-state index in [2.05, 4.69) is 13.0 Å². The minimum atomic E-state index is -0.374. The summed E-state index contributed by atoms with van der Waals surface area (Å²) in [6, 6.07) is 20.7. The predicted molar refractivity (Wildman–Crippen MR) is 140 cm³/mol. The normalized spacial score (nSPS) is 11.4. The van der Waals surface area contributed by atoms with Gasteiger partial charge >= 0.3 is 0 Å². The smallest absolute Gasteiger partial charge is 0.224 e. The van der Waals surface area contributed by atoms with Crippen LogP contribution in [0.1, 0.15) is 56.9 Å². The Balaban J connectivity index is 1.91. The number of benzene rings is 3. The molecule has 3 rings (SSSR count). The zero-order valence-corrected chi connectivity index (χ0v) is 21.4. The SMILES string of the molecule is CCc1ccc(OCCOC(C)(C)C)c(CN(C(C)=O)c2cc(F)ccc2Cc2ccccc2)c1. The van der Waals surface area contributed by atoms with Crippen LogP contribution in [0.2, 0.25) is 0 Å². The lowest BCUT2D eigenvalue weighted by Crippen LogP contribution is -2.29. The fraction of sp³-hybridized carbons (Fsp3) is 0.367. The molecule has 4 nitrogen and oxygen atoms in total. The highest BCUT2D eigenvalue weighted by atomic mass is 19.1. The van der Waals surface area contributed by atoms with Crippen molar-refractivity contribution in [3.63, 3.8) is 0 Å². The Kier molecular flexibility index (Phi) is 9.05. The third-order valence-electron chi connectivity index (χ3n) is 5.69. The highest BCUT2D eigenvalue weighted by Gasteiger charge is 2.20. The van der Waals surface area contributed by atoms with Crippen molar-refractivity contribution < 1.29 is 18.7 Å². The number of hydrogen-bond acceptors (Lipinski definition) is 3. The maximum absolute atomic E-state index is 14.4. The summed E-state index contributed by atoms with van der Waals surface area (Å²) >= 11 is 0. The van der Waals surface area contributed by atoms with Crippen LogP contribution >= 0.6 is 0 Å². The number of carbonyl (C=O) groups excluding carboxylic acids is 1. The standard InChI is InChI=1S/C30H36FNO3/c1-6-23-12-15-29(34-16-17-35-30(3,4)5)26(18-23)21-32(22(2)33)28-20-27(31)14-13-25(28)19-24-10-8-7-9-11-24/h7-15,18,20H,6,16-17,19,21H2,1-5H3. The quantitative estimate of drug-likeness (QED) is 0.304. The van der Waals surface area contributed by atoms with Gasteiger partial charge in [0.05, 0.1) is 24.4 Å². The zero-order chi connectivity index (χ0) is 25.4. The van der Waals surface area contributed by atoms with E-state index >= 15 is 0 Å². The van der Waals surface area contributed by atoms with Gasteiger partial charge in [-0.25, -0.2) is 4.39 Å². The first-order valence-electron chi connectivity index (χ1n) is 12.2. The van der Waals surface area contributed by atoms with Gasteiger partial charge in [0.2, 0.25) is 5.91 Å². The maximum Gasteiger partial charge on any atom is 0.224 e. The fourth-order valence-electron chi connectivity index (χ4n) is 3.91. The molecule has 0 aliphatic carbocycles. The second kappa shape index (κ2) is 12.0. The average Bonchev–Trinajstić information content (AvgIpc) is 2.82. The predicted octanol–water partition coefficient (Wildman–Crippen LogP) is 6.73. The molecule has 0 bridgehead atoms. The number of carbonyl (C=O) groups is 1. The van der Waals surface area contributed by atoms with E-state index in [0.29, 0.717) is 31.1 Å². The van der Waals surface area contributed by atoms with Crippen LogP contribution in [0.3, 0.4) is 0 Å². The lowest BCUT2D eigenvalue weighted by atomic mass is 10.0. The van der Waals surface area contributed by atoms with Crippen molar-refractivity contribution in [2.45, 2.75) is 59.6 Å². The highest BCUT2D eigenvalue weighted by Crippen LogP contribution is 2.30. The molecule has 0 aromatic heterocycles. The summed E-state index contributed by atoms with van der Waals surface area (Å²) in [4.78, 5) is 14.5. The Hall–Kier alpha value is -3.18. The van der Waals surface area contributed by atoms with Crippen LogP contribution in [0.15, 0.2) is 66.7 Å². The molecular weight excluding hydrogens is 441 g/mol. The third-order valence-corrected chi connectivity index (χ3v) is 5.69. The van der Waals surface area contributed by atoms with Crippen molar-refractivity contribution in [1.82, 2.24) is 0 Å². The van der Waals surface area contributed by atoms with Gasteiger partial charge in [-0.3, -0.25) is 4.79 Å². The third kappa shape index (κ3) is 7.93. The van der Waals surface area contributed by atoms with E-state index < -0.39 is 0 Å². The first kappa shape index (κ1) is 26.4. The van der Waals surface area contributed by atoms with Gasteiger partial charge in [-0.05, 0) is 68.5 Å². The summed E-state index contributed by atoms with van der Waals surface area (Å²) < 4.78 is 26.2. The van der Waals surface area contributed by atoms with Crippen LogP contribution in [-0.4, -0.2) is 24.7 Å². The highest BCUT2D eigenvalue weighted by molar-refractivity contribution is 5.92. The Labute approximate surface area is 208 Å². The topological polar surface area (TPSA) is 38.8 Å². The van der Waals surface area contributed by atoms with E-state index in [-0.39, 0.29) is 23.9 Å². The minimum absolute atomic E-state index is 0.158. The molecule has 0 fully saturated rings. The van der Waals surface area contributed by atoms with Crippen molar-refractivity contribution in [1.29, 1.82) is 0 Å². The summed E-state index contributed by atoms with van der Waals surface area (Å²) in [6.45, 7) is 10.8. The van der Waals surface area contributed by atoms with Crippen LogP contribution in [0, 0.1) is 5.82 Å². The number of aryl methyl sites for hydroxylation is 1. The summed E-state index contributed by atoms with van der Waals surface area (Å²) in [7, 11) is 0. The van der Waals surface area contributed by atoms with Gasteiger partial charge in [-0.15, -0.1) is 0 Å². The Morgan fingerprint density at radius 2 is 1.66 bits per heavy atom. The van der Waals surface area contributed by atoms with Gasteiger partial charge in [0, 0.05) is 12.5 Å². The fourth-order valence-corrected chi connectivity index (χ4v) is 3.91. The zero-order valence-electron chi connectivity index (χ0n) is 21.4. The van der Waals surface area contributed by atoms with E-state index in [9.17, 15) is 9.18 Å². The maximum atomic E-state index is 14.4. The molecule has 0 aliphatic rings. The monoisotopic (exact) mass is 477 g/mol. The number of nitrogens with zero attached hydrogens (tertiary/aromatic N) is 1. The van der Waals surface area contributed by atoms with E-state index in [4.69, 9.17) is 9.47 Å². The average molecular weight is 478 g/mol. The number of ether oxygens (including phenoxy) is 2. The molecule has 0 radical (unpaired) electrons. The van der Waals surface area contributed by atoms with Crippen LogP contribution in [-0.2, 0) is 28.9 Å². The lowest BCUT2D eigenvalue weighted by molar-refractivity contribution is -0.116. The molecule has 3 aromatic rings. The van der Waals surface area contributed by atoms with Gasteiger partial charge in [0.25, 0.3) is 0 Å². The van der Waals surface area contributed by atoms with Gasteiger partial charge in [0.15, 0.2) is 0 Å². The molecule has 3 aromatic carbocycles. The molecule has 0 atom stereocenters. The van der Waals surface area contributed by atoms with Crippen molar-refractivity contribution in [3.05, 3.63) is 94.8 Å². The van der Waals surface area contributed by atoms with Crippen molar-refractivity contribution in [2.24, 2.45) is 0 Å². The Morgan fingerprint density at radius 3 is 2.31 bits per heavy atom. The lowest BCUT2D eigenvalue weighted by Gasteiger charge is -2.26. The number of anilines is 1. The second-order valence-corrected chi connectivity index (χ2v) is 9.65. The van der Waals surface area contributed by atoms with E-state index in [0.717, 1.165) is 28.7 Å². The van der Waals surface area contributed by atoms with E-state index in [1.165, 1.54) is 19.1 Å². The largest absolute Gasteiger partial charge is 0.491 e. The number of halogens is 1. The first-order valence-corrected chi connectivity index (χ1v) is 12.2. The van der Waals surface area contributed by atoms with Crippen molar-refractivity contribution in [3.8, 4) is 5.75 Å². The summed E-state index contributed by atoms with van der Waals surface area (Å²) in [5, 5.41) is 0. The van der Waals surface area contributed by atoms with Gasteiger partial charge < -0.3 is 14.4 Å². The molecule has 0 saturated heterocycles. The van der Waals surface area contributed by atoms with Gasteiger partial charge in [0.1, 0.15) is 18.2 Å². The number of hydrogen-bond donors (Lipinski definition) is 0. The second-order valence-electron chi connectivity index (χ2n) is 9.65. The van der Waals surface area contributed by atoms with Crippen molar-refractivity contribution >= 4 is 11.6 Å². The van der Waals surface area contributed by atoms with E-state index in [1.807, 2.05) is 63.2 Å². The van der Waals surface area contributed by atoms with Gasteiger partial charge in [-0.2, -0.15) is 0 Å². The first-order chi connectivity index (χ1) is 16.7. The Bertz CT molecular complexity index is 1120. The van der Waals surface area contributed by atoms with Gasteiger partial charge in [-0.1, -0.05) is 55.5 Å². The van der Waals surface area contributed by atoms with Crippen molar-refractivity contribution in [2.75, 3.05) is 18.1 Å². The minimum Gasteiger partial charge on any atom is -0.491 e. The molecule has 0 unspecified atom stereocenters.